The number of piperidine rings is 1. The Bertz CT molecular complexity index is 853. The van der Waals surface area contributed by atoms with Crippen molar-refractivity contribution in [3.05, 3.63) is 60.2 Å². The molecule has 1 fully saturated rings. The largest absolute Gasteiger partial charge is 0.468 e. The van der Waals surface area contributed by atoms with Gasteiger partial charge in [0.2, 0.25) is 5.91 Å². The summed E-state index contributed by atoms with van der Waals surface area (Å²) in [5.41, 5.74) is 2.40. The van der Waals surface area contributed by atoms with E-state index in [0.717, 1.165) is 50.2 Å². The molecule has 2 aromatic heterocycles. The Morgan fingerprint density at radius 3 is 3.08 bits per heavy atom. The van der Waals surface area contributed by atoms with E-state index in [9.17, 15) is 4.79 Å². The number of likely N-dealkylation sites (tertiary alicyclic amines) is 1. The van der Waals surface area contributed by atoms with Crippen LogP contribution in [0.2, 0.25) is 0 Å². The van der Waals surface area contributed by atoms with Gasteiger partial charge in [0.05, 0.1) is 18.7 Å². The van der Waals surface area contributed by atoms with Gasteiger partial charge in [-0.25, -0.2) is 0 Å². The number of hydrogen-bond donors (Lipinski definition) is 2. The van der Waals surface area contributed by atoms with Gasteiger partial charge < -0.3 is 14.7 Å². The minimum Gasteiger partial charge on any atom is -0.468 e. The van der Waals surface area contributed by atoms with Crippen LogP contribution in [0.5, 0.6) is 0 Å². The van der Waals surface area contributed by atoms with Crippen LogP contribution in [0.1, 0.15) is 24.2 Å². The van der Waals surface area contributed by atoms with E-state index in [1.165, 1.54) is 10.9 Å². The molecule has 3 heterocycles. The number of carbonyl (C=O) groups excluding carboxylic acids is 1. The average molecular weight is 351 g/mol. The molecule has 4 rings (SSSR count). The van der Waals surface area contributed by atoms with E-state index >= 15 is 0 Å². The predicted molar refractivity (Wildman–Crippen MR) is 102 cm³/mol. The number of furan rings is 1. The highest BCUT2D eigenvalue weighted by atomic mass is 16.3. The summed E-state index contributed by atoms with van der Waals surface area (Å²) in [6, 6.07) is 12.2. The second-order valence-electron chi connectivity index (χ2n) is 7.05. The number of nitrogens with one attached hydrogen (secondary N) is 2. The maximum atomic E-state index is 12.6. The first-order valence-corrected chi connectivity index (χ1v) is 9.37. The summed E-state index contributed by atoms with van der Waals surface area (Å²) in [4.78, 5) is 18.2. The van der Waals surface area contributed by atoms with Crippen molar-refractivity contribution in [1.82, 2.24) is 15.2 Å². The fraction of sp³-hybridized carbons (Fsp3) is 0.381. The molecular weight excluding hydrogens is 326 g/mol. The van der Waals surface area contributed by atoms with Crippen LogP contribution in [-0.2, 0) is 17.8 Å². The van der Waals surface area contributed by atoms with Gasteiger partial charge in [-0.15, -0.1) is 0 Å². The van der Waals surface area contributed by atoms with Crippen molar-refractivity contribution in [1.29, 1.82) is 0 Å². The fourth-order valence-electron chi connectivity index (χ4n) is 3.84. The minimum absolute atomic E-state index is 0.0710. The molecule has 1 aliphatic rings. The Labute approximate surface area is 153 Å². The van der Waals surface area contributed by atoms with Gasteiger partial charge in [0.1, 0.15) is 5.76 Å². The van der Waals surface area contributed by atoms with Crippen molar-refractivity contribution in [2.75, 3.05) is 19.6 Å². The molecule has 0 spiro atoms. The summed E-state index contributed by atoms with van der Waals surface area (Å²) < 4.78 is 5.43. The van der Waals surface area contributed by atoms with E-state index < -0.39 is 0 Å². The van der Waals surface area contributed by atoms with Gasteiger partial charge in [0, 0.05) is 30.2 Å². The number of amides is 1. The molecule has 3 aromatic rings. The van der Waals surface area contributed by atoms with Gasteiger partial charge in [-0.2, -0.15) is 0 Å². The van der Waals surface area contributed by atoms with Crippen molar-refractivity contribution in [2.45, 2.75) is 25.8 Å². The highest BCUT2D eigenvalue weighted by molar-refractivity contribution is 5.83. The molecule has 1 aromatic carbocycles. The highest BCUT2D eigenvalue weighted by Crippen LogP contribution is 2.20. The molecule has 26 heavy (non-hydrogen) atoms. The minimum atomic E-state index is 0.0710. The van der Waals surface area contributed by atoms with Crippen molar-refractivity contribution in [3.8, 4) is 0 Å². The topological polar surface area (TPSA) is 61.3 Å². The van der Waals surface area contributed by atoms with Crippen LogP contribution in [0.25, 0.3) is 10.9 Å². The third-order valence-corrected chi connectivity index (χ3v) is 5.20. The van der Waals surface area contributed by atoms with Gasteiger partial charge in [-0.05, 0) is 49.6 Å². The Morgan fingerprint density at radius 2 is 2.19 bits per heavy atom. The Kier molecular flexibility index (Phi) is 5.07. The molecule has 1 aliphatic heterocycles. The van der Waals surface area contributed by atoms with Crippen LogP contribution in [0.4, 0.5) is 0 Å². The first-order valence-electron chi connectivity index (χ1n) is 9.37. The number of aromatic amines is 1. The molecule has 5 heteroatoms. The second kappa shape index (κ2) is 7.79. The Morgan fingerprint density at radius 1 is 1.27 bits per heavy atom. The number of hydrogen-bond acceptors (Lipinski definition) is 3. The molecule has 5 nitrogen and oxygen atoms in total. The quantitative estimate of drug-likeness (QED) is 0.716. The Hall–Kier alpha value is -2.53. The standard InChI is InChI=1S/C21H25N3O2/c25-21(17-5-3-11-24(14-17)15-18-6-4-12-26-18)22-10-9-16-13-23-20-8-2-1-7-19(16)20/h1-2,4,6-8,12-13,17,23H,3,5,9-11,14-15H2,(H,22,25). The van der Waals surface area contributed by atoms with Crippen molar-refractivity contribution >= 4 is 16.8 Å². The van der Waals surface area contributed by atoms with Crippen LogP contribution in [-0.4, -0.2) is 35.4 Å². The number of benzene rings is 1. The maximum Gasteiger partial charge on any atom is 0.224 e. The van der Waals surface area contributed by atoms with Gasteiger partial charge in [-0.3, -0.25) is 9.69 Å². The van der Waals surface area contributed by atoms with Crippen molar-refractivity contribution in [2.24, 2.45) is 5.92 Å². The molecule has 0 radical (unpaired) electrons. The van der Waals surface area contributed by atoms with Crippen LogP contribution in [0.3, 0.4) is 0 Å². The zero-order valence-electron chi connectivity index (χ0n) is 14.9. The summed E-state index contributed by atoms with van der Waals surface area (Å²) in [6.07, 6.45) is 6.62. The van der Waals surface area contributed by atoms with Gasteiger partial charge in [0.15, 0.2) is 0 Å². The van der Waals surface area contributed by atoms with Gasteiger partial charge in [0.25, 0.3) is 0 Å². The first-order chi connectivity index (χ1) is 12.8. The molecule has 0 bridgehead atoms. The van der Waals surface area contributed by atoms with Crippen molar-refractivity contribution < 1.29 is 9.21 Å². The number of rotatable bonds is 6. The zero-order chi connectivity index (χ0) is 17.8. The first kappa shape index (κ1) is 16.9. The van der Waals surface area contributed by atoms with Gasteiger partial charge in [-0.1, -0.05) is 18.2 Å². The van der Waals surface area contributed by atoms with Gasteiger partial charge >= 0.3 is 0 Å². The third kappa shape index (κ3) is 3.83. The molecule has 1 amide bonds. The summed E-state index contributed by atoms with van der Waals surface area (Å²) in [5.74, 6) is 1.21. The maximum absolute atomic E-state index is 12.6. The van der Waals surface area contributed by atoms with Crippen LogP contribution in [0, 0.1) is 5.92 Å². The SMILES string of the molecule is O=C(NCCc1c[nH]c2ccccc12)C1CCCN(Cc2ccco2)C1. The molecule has 1 atom stereocenters. The summed E-state index contributed by atoms with van der Waals surface area (Å²) in [6.45, 7) is 3.29. The molecule has 0 aliphatic carbocycles. The number of nitrogens with zero attached hydrogens (tertiary/aromatic N) is 1. The van der Waals surface area contributed by atoms with E-state index in [4.69, 9.17) is 4.42 Å². The lowest BCUT2D eigenvalue weighted by Crippen LogP contribution is -2.43. The fourth-order valence-corrected chi connectivity index (χ4v) is 3.84. The molecule has 136 valence electrons. The van der Waals surface area contributed by atoms with E-state index in [0.29, 0.717) is 6.54 Å². The monoisotopic (exact) mass is 351 g/mol. The second-order valence-corrected chi connectivity index (χ2v) is 7.05. The highest BCUT2D eigenvalue weighted by Gasteiger charge is 2.25. The van der Waals surface area contributed by atoms with Crippen LogP contribution in [0.15, 0.2) is 53.3 Å². The van der Waals surface area contributed by atoms with Crippen LogP contribution < -0.4 is 5.32 Å². The van der Waals surface area contributed by atoms with E-state index in [2.05, 4.69) is 27.3 Å². The number of para-hydroxylation sites is 1. The number of carbonyl (C=O) groups is 1. The lowest BCUT2D eigenvalue weighted by molar-refractivity contribution is -0.126. The lowest BCUT2D eigenvalue weighted by atomic mass is 9.97. The zero-order valence-corrected chi connectivity index (χ0v) is 14.9. The molecule has 1 saturated heterocycles. The third-order valence-electron chi connectivity index (χ3n) is 5.20. The normalized spacial score (nSPS) is 18.2. The Balaban J connectivity index is 1.27. The lowest BCUT2D eigenvalue weighted by Gasteiger charge is -2.31. The molecule has 1 unspecified atom stereocenters. The molecular formula is C21H25N3O2. The summed E-state index contributed by atoms with van der Waals surface area (Å²) in [7, 11) is 0. The summed E-state index contributed by atoms with van der Waals surface area (Å²) >= 11 is 0. The predicted octanol–water partition coefficient (Wildman–Crippen LogP) is 3.33. The number of fused-ring (bicyclic) bond motifs is 1. The number of aromatic nitrogens is 1. The number of H-pyrrole nitrogens is 1. The average Bonchev–Trinajstić information content (AvgIpc) is 3.32. The van der Waals surface area contributed by atoms with E-state index in [-0.39, 0.29) is 11.8 Å². The van der Waals surface area contributed by atoms with E-state index in [1.807, 2.05) is 30.5 Å². The molecule has 2 N–H and O–H groups in total. The van der Waals surface area contributed by atoms with Crippen molar-refractivity contribution in [3.63, 3.8) is 0 Å². The molecule has 0 saturated carbocycles. The summed E-state index contributed by atoms with van der Waals surface area (Å²) in [5, 5.41) is 4.37. The van der Waals surface area contributed by atoms with E-state index in [1.54, 1.807) is 6.26 Å². The smallest absolute Gasteiger partial charge is 0.224 e. The van der Waals surface area contributed by atoms with Crippen LogP contribution >= 0.6 is 0 Å².